The SMILES string of the molecule is NC1=CC=C(/C=C/c2cccc[n+]2CCSSCC[n+]2ccccc2/C=C/c2ccc(N)cc2)CC1. The summed E-state index contributed by atoms with van der Waals surface area (Å²) < 4.78 is 4.63. The summed E-state index contributed by atoms with van der Waals surface area (Å²) >= 11 is 0. The number of benzene rings is 1. The maximum Gasteiger partial charge on any atom is 0.205 e. The van der Waals surface area contributed by atoms with Crippen molar-refractivity contribution in [2.45, 2.75) is 25.9 Å². The second-order valence-electron chi connectivity index (χ2n) is 8.60. The second kappa shape index (κ2) is 13.8. The molecule has 184 valence electrons. The molecule has 0 aliphatic heterocycles. The molecule has 0 spiro atoms. The van der Waals surface area contributed by atoms with Gasteiger partial charge in [-0.1, -0.05) is 45.9 Å². The van der Waals surface area contributed by atoms with Crippen molar-refractivity contribution in [2.75, 3.05) is 17.2 Å². The van der Waals surface area contributed by atoms with Gasteiger partial charge in [0.1, 0.15) is 0 Å². The van der Waals surface area contributed by atoms with Gasteiger partial charge in [0.05, 0.1) is 11.5 Å². The van der Waals surface area contributed by atoms with E-state index in [4.69, 9.17) is 11.5 Å². The van der Waals surface area contributed by atoms with E-state index in [0.29, 0.717) is 0 Å². The largest absolute Gasteiger partial charge is 0.402 e. The van der Waals surface area contributed by atoms with Crippen molar-refractivity contribution in [3.05, 3.63) is 120 Å². The van der Waals surface area contributed by atoms with Crippen molar-refractivity contribution in [1.82, 2.24) is 0 Å². The molecule has 2 aromatic heterocycles. The Labute approximate surface area is 222 Å². The Morgan fingerprint density at radius 3 is 1.86 bits per heavy atom. The second-order valence-corrected chi connectivity index (χ2v) is 11.3. The topological polar surface area (TPSA) is 59.8 Å². The Morgan fingerprint density at radius 2 is 1.28 bits per heavy atom. The number of hydrogen-bond acceptors (Lipinski definition) is 4. The van der Waals surface area contributed by atoms with E-state index >= 15 is 0 Å². The molecule has 0 unspecified atom stereocenters. The molecule has 0 fully saturated rings. The van der Waals surface area contributed by atoms with Crippen LogP contribution in [0.1, 0.15) is 29.8 Å². The van der Waals surface area contributed by atoms with Gasteiger partial charge in [-0.15, -0.1) is 0 Å². The third kappa shape index (κ3) is 8.18. The molecule has 0 saturated carbocycles. The Balaban J connectivity index is 1.23. The highest BCUT2D eigenvalue weighted by atomic mass is 33.1. The summed E-state index contributed by atoms with van der Waals surface area (Å²) in [6, 6.07) is 20.6. The van der Waals surface area contributed by atoms with Crippen LogP contribution in [0.4, 0.5) is 5.69 Å². The van der Waals surface area contributed by atoms with Crippen molar-refractivity contribution >= 4 is 45.5 Å². The summed E-state index contributed by atoms with van der Waals surface area (Å²) in [4.78, 5) is 0. The van der Waals surface area contributed by atoms with E-state index in [1.807, 2.05) is 51.9 Å². The van der Waals surface area contributed by atoms with Gasteiger partial charge >= 0.3 is 0 Å². The van der Waals surface area contributed by atoms with E-state index in [0.717, 1.165) is 54.4 Å². The minimum Gasteiger partial charge on any atom is -0.402 e. The number of nitrogens with zero attached hydrogens (tertiary/aromatic N) is 2. The van der Waals surface area contributed by atoms with Gasteiger partial charge in [0.25, 0.3) is 0 Å². The van der Waals surface area contributed by atoms with Crippen molar-refractivity contribution in [1.29, 1.82) is 0 Å². The fourth-order valence-electron chi connectivity index (χ4n) is 3.87. The standard InChI is InChI=1S/C30H32N4S2/c31-27-13-7-25(8-14-27)11-17-29-5-1-3-19-33(29)21-23-35-36-24-22-34-20-4-2-6-30(34)18-12-26-9-15-28(32)16-10-26/h1-9,11-15,17-20,31-32H,10,16,21-24H2/p+2. The van der Waals surface area contributed by atoms with E-state index in [-0.39, 0.29) is 0 Å². The molecule has 1 aromatic carbocycles. The number of rotatable bonds is 11. The van der Waals surface area contributed by atoms with Crippen LogP contribution in [0.5, 0.6) is 0 Å². The van der Waals surface area contributed by atoms with E-state index in [1.54, 1.807) is 0 Å². The number of aromatic nitrogens is 2. The fraction of sp³-hybridized carbons (Fsp3) is 0.200. The Hall–Kier alpha value is -3.22. The number of anilines is 1. The molecule has 0 radical (unpaired) electrons. The summed E-state index contributed by atoms with van der Waals surface area (Å²) in [7, 11) is 3.87. The summed E-state index contributed by atoms with van der Waals surface area (Å²) in [5.74, 6) is 2.12. The molecule has 6 heteroatoms. The zero-order valence-electron chi connectivity index (χ0n) is 20.5. The van der Waals surface area contributed by atoms with Gasteiger partial charge < -0.3 is 11.5 Å². The quantitative estimate of drug-likeness (QED) is 0.150. The predicted molar refractivity (Wildman–Crippen MR) is 157 cm³/mol. The lowest BCUT2D eigenvalue weighted by Gasteiger charge is -2.07. The van der Waals surface area contributed by atoms with Gasteiger partial charge in [-0.3, -0.25) is 0 Å². The molecule has 4 N–H and O–H groups in total. The van der Waals surface area contributed by atoms with Crippen molar-refractivity contribution in [3.63, 3.8) is 0 Å². The zero-order chi connectivity index (χ0) is 25.0. The maximum absolute atomic E-state index is 5.87. The molecule has 3 aromatic rings. The van der Waals surface area contributed by atoms with Crippen LogP contribution in [-0.4, -0.2) is 11.5 Å². The van der Waals surface area contributed by atoms with E-state index in [9.17, 15) is 0 Å². The van der Waals surface area contributed by atoms with Gasteiger partial charge in [-0.25, -0.2) is 0 Å². The number of aryl methyl sites for hydroxylation is 2. The Bertz CT molecular complexity index is 1260. The lowest BCUT2D eigenvalue weighted by Crippen LogP contribution is -2.38. The van der Waals surface area contributed by atoms with Crippen LogP contribution in [-0.2, 0) is 13.1 Å². The number of hydrogen-bond donors (Lipinski definition) is 2. The Morgan fingerprint density at radius 1 is 0.667 bits per heavy atom. The van der Waals surface area contributed by atoms with Crippen LogP contribution in [0.15, 0.2) is 103 Å². The first-order valence-electron chi connectivity index (χ1n) is 12.3. The van der Waals surface area contributed by atoms with Gasteiger partial charge in [-0.2, -0.15) is 9.13 Å². The molecular weight excluding hydrogens is 480 g/mol. The molecule has 4 rings (SSSR count). The number of nitrogen functional groups attached to an aromatic ring is 1. The molecule has 0 atom stereocenters. The smallest absolute Gasteiger partial charge is 0.205 e. The third-order valence-corrected chi connectivity index (χ3v) is 8.30. The first kappa shape index (κ1) is 25.9. The predicted octanol–water partition coefficient (Wildman–Crippen LogP) is 5.67. The molecule has 0 bridgehead atoms. The van der Waals surface area contributed by atoms with E-state index in [1.165, 1.54) is 17.0 Å². The molecular formula is C30H34N4S2+2. The number of allylic oxidation sites excluding steroid dienone is 5. The van der Waals surface area contributed by atoms with Gasteiger partial charge in [-0.05, 0) is 60.4 Å². The zero-order valence-corrected chi connectivity index (χ0v) is 22.1. The van der Waals surface area contributed by atoms with Crippen LogP contribution < -0.4 is 20.6 Å². The monoisotopic (exact) mass is 514 g/mol. The average molecular weight is 515 g/mol. The van der Waals surface area contributed by atoms with Gasteiger partial charge in [0.2, 0.25) is 11.4 Å². The average Bonchev–Trinajstić information content (AvgIpc) is 2.91. The van der Waals surface area contributed by atoms with Crippen LogP contribution >= 0.6 is 21.6 Å². The normalized spacial score (nSPS) is 13.8. The molecule has 0 saturated heterocycles. The first-order chi connectivity index (χ1) is 17.7. The summed E-state index contributed by atoms with van der Waals surface area (Å²) in [6.45, 7) is 1.96. The third-order valence-electron chi connectivity index (χ3n) is 5.93. The minimum atomic E-state index is 0.788. The van der Waals surface area contributed by atoms with Crippen molar-refractivity contribution in [2.24, 2.45) is 5.73 Å². The lowest BCUT2D eigenvalue weighted by atomic mass is 10.0. The van der Waals surface area contributed by atoms with Crippen LogP contribution in [0, 0.1) is 0 Å². The lowest BCUT2D eigenvalue weighted by molar-refractivity contribution is -0.694. The minimum absolute atomic E-state index is 0.788. The highest BCUT2D eigenvalue weighted by Gasteiger charge is 2.09. The van der Waals surface area contributed by atoms with Crippen LogP contribution in [0.3, 0.4) is 0 Å². The molecule has 1 aliphatic carbocycles. The van der Waals surface area contributed by atoms with Crippen LogP contribution in [0.2, 0.25) is 0 Å². The van der Waals surface area contributed by atoms with Crippen molar-refractivity contribution in [3.8, 4) is 0 Å². The van der Waals surface area contributed by atoms with Crippen molar-refractivity contribution < 1.29 is 9.13 Å². The number of pyridine rings is 2. The molecule has 4 nitrogen and oxygen atoms in total. The molecule has 1 aliphatic rings. The highest BCUT2D eigenvalue weighted by Crippen LogP contribution is 2.21. The number of nitrogens with two attached hydrogens (primary N) is 2. The summed E-state index contributed by atoms with van der Waals surface area (Å²) in [5.41, 5.74) is 18.3. The fourth-order valence-corrected chi connectivity index (χ4v) is 5.80. The van der Waals surface area contributed by atoms with Crippen LogP contribution in [0.25, 0.3) is 18.2 Å². The molecule has 2 heterocycles. The maximum atomic E-state index is 5.87. The Kier molecular flexibility index (Phi) is 9.88. The summed E-state index contributed by atoms with van der Waals surface area (Å²) in [6.07, 6.45) is 19.1. The van der Waals surface area contributed by atoms with Gasteiger partial charge in [0, 0.05) is 47.8 Å². The first-order valence-corrected chi connectivity index (χ1v) is 14.7. The summed E-state index contributed by atoms with van der Waals surface area (Å²) in [5, 5.41) is 0. The van der Waals surface area contributed by atoms with E-state index < -0.39 is 0 Å². The molecule has 36 heavy (non-hydrogen) atoms. The van der Waals surface area contributed by atoms with E-state index in [2.05, 4.69) is 88.3 Å². The highest BCUT2D eigenvalue weighted by molar-refractivity contribution is 8.76. The molecule has 0 amide bonds. The van der Waals surface area contributed by atoms with Gasteiger partial charge in [0.15, 0.2) is 25.5 Å².